The molecule has 1 amide bonds. The fourth-order valence-corrected chi connectivity index (χ4v) is 4.02. The molecular formula is C17H23NO3S. The first-order chi connectivity index (χ1) is 10.7. The first-order valence-electron chi connectivity index (χ1n) is 7.98. The van der Waals surface area contributed by atoms with Gasteiger partial charge in [0.1, 0.15) is 0 Å². The molecule has 22 heavy (non-hydrogen) atoms. The van der Waals surface area contributed by atoms with Crippen LogP contribution in [0, 0.1) is 5.92 Å². The largest absolute Gasteiger partial charge is 0.350 e. The van der Waals surface area contributed by atoms with Gasteiger partial charge in [-0.2, -0.15) is 0 Å². The zero-order valence-corrected chi connectivity index (χ0v) is 13.8. The van der Waals surface area contributed by atoms with E-state index in [4.69, 9.17) is 9.47 Å². The van der Waals surface area contributed by atoms with Gasteiger partial charge in [-0.05, 0) is 31.9 Å². The average Bonchev–Trinajstić information content (AvgIpc) is 3.10. The summed E-state index contributed by atoms with van der Waals surface area (Å²) in [6.07, 6.45) is 1.89. The monoisotopic (exact) mass is 321 g/mol. The topological polar surface area (TPSA) is 38.8 Å². The second kappa shape index (κ2) is 7.49. The Labute approximate surface area is 136 Å². The summed E-state index contributed by atoms with van der Waals surface area (Å²) in [6, 6.07) is 10.1. The molecule has 1 unspecified atom stereocenters. The summed E-state index contributed by atoms with van der Waals surface area (Å²) in [5, 5.41) is -0.0436. The van der Waals surface area contributed by atoms with Crippen LogP contribution in [0.1, 0.15) is 19.8 Å². The molecule has 120 valence electrons. The Balaban J connectivity index is 1.48. The van der Waals surface area contributed by atoms with Gasteiger partial charge in [0.05, 0.1) is 18.5 Å². The molecule has 3 rings (SSSR count). The van der Waals surface area contributed by atoms with Gasteiger partial charge in [-0.3, -0.25) is 4.79 Å². The minimum Gasteiger partial charge on any atom is -0.350 e. The van der Waals surface area contributed by atoms with E-state index in [1.165, 1.54) is 0 Å². The molecule has 0 N–H and O–H groups in total. The Morgan fingerprint density at radius 3 is 2.45 bits per heavy atom. The van der Waals surface area contributed by atoms with Crippen LogP contribution in [0.4, 0.5) is 0 Å². The number of hydrogen-bond donors (Lipinski definition) is 0. The van der Waals surface area contributed by atoms with Crippen LogP contribution >= 0.6 is 11.8 Å². The van der Waals surface area contributed by atoms with E-state index in [0.717, 1.165) is 30.8 Å². The molecule has 4 nitrogen and oxygen atoms in total. The summed E-state index contributed by atoms with van der Waals surface area (Å²) in [4.78, 5) is 15.7. The number of carbonyl (C=O) groups excluding carboxylic acids is 1. The number of amides is 1. The van der Waals surface area contributed by atoms with Crippen molar-refractivity contribution < 1.29 is 14.3 Å². The summed E-state index contributed by atoms with van der Waals surface area (Å²) in [5.41, 5.74) is 0. The molecule has 2 fully saturated rings. The van der Waals surface area contributed by atoms with Crippen LogP contribution in [0.2, 0.25) is 0 Å². The average molecular weight is 321 g/mol. The third-order valence-electron chi connectivity index (χ3n) is 4.29. The van der Waals surface area contributed by atoms with E-state index >= 15 is 0 Å². The van der Waals surface area contributed by atoms with Crippen LogP contribution in [-0.2, 0) is 14.3 Å². The first kappa shape index (κ1) is 15.8. The Morgan fingerprint density at radius 2 is 1.82 bits per heavy atom. The Morgan fingerprint density at radius 1 is 1.18 bits per heavy atom. The van der Waals surface area contributed by atoms with E-state index < -0.39 is 0 Å². The number of nitrogens with zero attached hydrogens (tertiary/aromatic N) is 1. The lowest BCUT2D eigenvalue weighted by Crippen LogP contribution is -2.44. The number of rotatable bonds is 4. The highest BCUT2D eigenvalue weighted by molar-refractivity contribution is 8.00. The Hall–Kier alpha value is -1.04. The van der Waals surface area contributed by atoms with Gasteiger partial charge in [0.2, 0.25) is 5.91 Å². The second-order valence-corrected chi connectivity index (χ2v) is 7.26. The van der Waals surface area contributed by atoms with Crippen LogP contribution in [0.3, 0.4) is 0 Å². The van der Waals surface area contributed by atoms with Gasteiger partial charge in [0.25, 0.3) is 0 Å². The van der Waals surface area contributed by atoms with Crippen LogP contribution in [0.5, 0.6) is 0 Å². The SMILES string of the molecule is CC(Sc1ccccc1)C(=O)N1CCC(C2OCCO2)CC1. The smallest absolute Gasteiger partial charge is 0.235 e. The van der Waals surface area contributed by atoms with Crippen molar-refractivity contribution in [1.82, 2.24) is 4.90 Å². The summed E-state index contributed by atoms with van der Waals surface area (Å²) in [7, 11) is 0. The molecule has 1 aromatic carbocycles. The van der Waals surface area contributed by atoms with E-state index in [-0.39, 0.29) is 17.4 Å². The molecule has 0 radical (unpaired) electrons. The summed E-state index contributed by atoms with van der Waals surface area (Å²) < 4.78 is 11.2. The lowest BCUT2D eigenvalue weighted by Gasteiger charge is -2.35. The fourth-order valence-electron chi connectivity index (χ4n) is 3.05. The predicted molar refractivity (Wildman–Crippen MR) is 86.8 cm³/mol. The van der Waals surface area contributed by atoms with E-state index in [1.807, 2.05) is 30.0 Å². The molecule has 1 atom stereocenters. The Bertz CT molecular complexity index is 482. The number of piperidine rings is 1. The molecular weight excluding hydrogens is 298 g/mol. The molecule has 5 heteroatoms. The Kier molecular flexibility index (Phi) is 5.39. The van der Waals surface area contributed by atoms with Crippen LogP contribution in [-0.4, -0.2) is 48.7 Å². The van der Waals surface area contributed by atoms with E-state index in [2.05, 4.69) is 12.1 Å². The van der Waals surface area contributed by atoms with Crippen molar-refractivity contribution in [3.8, 4) is 0 Å². The number of thioether (sulfide) groups is 1. The van der Waals surface area contributed by atoms with Gasteiger partial charge in [-0.15, -0.1) is 11.8 Å². The van der Waals surface area contributed by atoms with Crippen molar-refractivity contribution >= 4 is 17.7 Å². The van der Waals surface area contributed by atoms with Gasteiger partial charge in [0, 0.05) is 23.9 Å². The van der Waals surface area contributed by atoms with Gasteiger partial charge in [-0.25, -0.2) is 0 Å². The maximum absolute atomic E-state index is 12.6. The summed E-state index contributed by atoms with van der Waals surface area (Å²) in [6.45, 7) is 5.03. The highest BCUT2D eigenvalue weighted by Gasteiger charge is 2.32. The zero-order valence-electron chi connectivity index (χ0n) is 12.9. The number of carbonyl (C=O) groups is 1. The molecule has 1 aromatic rings. The molecule has 0 aliphatic carbocycles. The third-order valence-corrected chi connectivity index (χ3v) is 5.39. The van der Waals surface area contributed by atoms with Crippen molar-refractivity contribution in [3.05, 3.63) is 30.3 Å². The van der Waals surface area contributed by atoms with Gasteiger partial charge in [0.15, 0.2) is 6.29 Å². The van der Waals surface area contributed by atoms with Crippen molar-refractivity contribution in [2.75, 3.05) is 26.3 Å². The van der Waals surface area contributed by atoms with E-state index in [0.29, 0.717) is 19.1 Å². The first-order valence-corrected chi connectivity index (χ1v) is 8.85. The number of hydrogen-bond acceptors (Lipinski definition) is 4. The van der Waals surface area contributed by atoms with E-state index in [1.54, 1.807) is 11.8 Å². The normalized spacial score (nSPS) is 22.0. The second-order valence-electron chi connectivity index (χ2n) is 5.85. The lowest BCUT2D eigenvalue weighted by molar-refractivity contribution is -0.136. The molecule has 2 saturated heterocycles. The summed E-state index contributed by atoms with van der Waals surface area (Å²) >= 11 is 1.63. The van der Waals surface area contributed by atoms with E-state index in [9.17, 15) is 4.79 Å². The highest BCUT2D eigenvalue weighted by atomic mass is 32.2. The quantitative estimate of drug-likeness (QED) is 0.800. The lowest BCUT2D eigenvalue weighted by atomic mass is 9.96. The van der Waals surface area contributed by atoms with Gasteiger partial charge in [-0.1, -0.05) is 18.2 Å². The maximum Gasteiger partial charge on any atom is 0.235 e. The number of benzene rings is 1. The number of likely N-dealkylation sites (tertiary alicyclic amines) is 1. The molecule has 2 aliphatic rings. The molecule has 0 bridgehead atoms. The fraction of sp³-hybridized carbons (Fsp3) is 0.588. The molecule has 0 aromatic heterocycles. The van der Waals surface area contributed by atoms with Gasteiger partial charge >= 0.3 is 0 Å². The third kappa shape index (κ3) is 3.83. The number of ether oxygens (including phenoxy) is 2. The molecule has 0 spiro atoms. The molecule has 0 saturated carbocycles. The van der Waals surface area contributed by atoms with Gasteiger partial charge < -0.3 is 14.4 Å². The van der Waals surface area contributed by atoms with Crippen molar-refractivity contribution in [1.29, 1.82) is 0 Å². The molecule has 2 heterocycles. The van der Waals surface area contributed by atoms with Crippen LogP contribution in [0.25, 0.3) is 0 Å². The van der Waals surface area contributed by atoms with Crippen LogP contribution < -0.4 is 0 Å². The van der Waals surface area contributed by atoms with Crippen molar-refractivity contribution in [3.63, 3.8) is 0 Å². The van der Waals surface area contributed by atoms with Crippen LogP contribution in [0.15, 0.2) is 35.2 Å². The maximum atomic E-state index is 12.6. The highest BCUT2D eigenvalue weighted by Crippen LogP contribution is 2.28. The standard InChI is InChI=1S/C17H23NO3S/c1-13(22-15-5-3-2-4-6-15)16(19)18-9-7-14(8-10-18)17-20-11-12-21-17/h2-6,13-14,17H,7-12H2,1H3. The van der Waals surface area contributed by atoms with Crippen molar-refractivity contribution in [2.24, 2.45) is 5.92 Å². The molecule has 2 aliphatic heterocycles. The predicted octanol–water partition coefficient (Wildman–Crippen LogP) is 2.78. The minimum absolute atomic E-state index is 0.0436. The zero-order chi connectivity index (χ0) is 15.4. The minimum atomic E-state index is -0.0478. The summed E-state index contributed by atoms with van der Waals surface area (Å²) in [5.74, 6) is 0.671. The van der Waals surface area contributed by atoms with Crippen molar-refractivity contribution in [2.45, 2.75) is 36.2 Å².